The number of rotatable bonds is 4. The van der Waals surface area contributed by atoms with Crippen LogP contribution in [0.2, 0.25) is 0 Å². The third-order valence-electron chi connectivity index (χ3n) is 2.67. The molecule has 0 atom stereocenters. The normalized spacial score (nSPS) is 10.7. The number of aryl methyl sites for hydroxylation is 2. The maximum atomic E-state index is 2.41. The van der Waals surface area contributed by atoms with E-state index in [4.69, 9.17) is 0 Å². The van der Waals surface area contributed by atoms with Crippen LogP contribution < -0.4 is 27.3 Å². The number of aromatic nitrogens is 2. The molecule has 2 nitrogen and oxygen atoms in total. The number of pyridine rings is 2. The molecule has 3 heteroatoms. The molecule has 0 radical (unpaired) electrons. The topological polar surface area (TPSA) is 7.76 Å². The van der Waals surface area contributed by atoms with Gasteiger partial charge in [0.15, 0.2) is 0 Å². The molecular formula is C14H18IN2+. The first-order valence-electron chi connectivity index (χ1n) is 6.00. The minimum absolute atomic E-state index is 0.194. The average Bonchev–Trinajstić information content (AvgIpc) is 2.40. The van der Waals surface area contributed by atoms with Crippen LogP contribution in [0.3, 0.4) is 0 Å². The molecular weight excluding hydrogens is 323 g/mol. The Morgan fingerprint density at radius 2 is 1.29 bits per heavy atom. The molecule has 0 aliphatic carbocycles. The standard InChI is InChI=1S/C14H18IN2/c1-3-13-9-5-7-11-16(13)15-17-12-8-6-10-14(17)4-2/h5-12H,3-4H2,1-2H3/q+1. The number of hydrogen-bond donors (Lipinski definition) is 0. The molecule has 17 heavy (non-hydrogen) atoms. The van der Waals surface area contributed by atoms with E-state index in [1.54, 1.807) is 0 Å². The van der Waals surface area contributed by atoms with Gasteiger partial charge in [0.2, 0.25) is 0 Å². The third-order valence-corrected chi connectivity index (χ3v) is 5.48. The van der Waals surface area contributed by atoms with Crippen LogP contribution in [0.4, 0.5) is 0 Å². The molecule has 2 rings (SSSR count). The quantitative estimate of drug-likeness (QED) is 0.611. The van der Waals surface area contributed by atoms with Crippen LogP contribution in [0.5, 0.6) is 0 Å². The molecule has 0 fully saturated rings. The predicted molar refractivity (Wildman–Crippen MR) is 62.8 cm³/mol. The van der Waals surface area contributed by atoms with E-state index in [0.717, 1.165) is 12.8 Å². The zero-order chi connectivity index (χ0) is 12.1. The van der Waals surface area contributed by atoms with E-state index in [2.05, 4.69) is 68.2 Å². The van der Waals surface area contributed by atoms with Gasteiger partial charge in [0.25, 0.3) is 0 Å². The molecule has 0 unspecified atom stereocenters. The molecule has 2 aromatic rings. The SMILES string of the molecule is CCc1cccc[n+]1[I-][n+]1ccccc1CC. The van der Waals surface area contributed by atoms with E-state index in [1.807, 2.05) is 0 Å². The average molecular weight is 341 g/mol. The van der Waals surface area contributed by atoms with Crippen LogP contribution in [0, 0.1) is 0 Å². The van der Waals surface area contributed by atoms with Crippen molar-refractivity contribution in [2.24, 2.45) is 0 Å². The van der Waals surface area contributed by atoms with Crippen molar-refractivity contribution in [2.45, 2.75) is 26.7 Å². The van der Waals surface area contributed by atoms with Crippen molar-refractivity contribution in [3.05, 3.63) is 60.2 Å². The van der Waals surface area contributed by atoms with E-state index < -0.39 is 0 Å². The van der Waals surface area contributed by atoms with Gasteiger partial charge in [-0.05, 0) is 0 Å². The van der Waals surface area contributed by atoms with Gasteiger partial charge in [-0.3, -0.25) is 0 Å². The summed E-state index contributed by atoms with van der Waals surface area (Å²) in [6.07, 6.45) is 6.59. The van der Waals surface area contributed by atoms with E-state index in [0.29, 0.717) is 0 Å². The molecule has 0 amide bonds. The number of nitrogens with zero attached hydrogens (tertiary/aromatic N) is 2. The van der Waals surface area contributed by atoms with Crippen LogP contribution in [0.25, 0.3) is 0 Å². The number of halogens is 1. The molecule has 0 saturated heterocycles. The van der Waals surface area contributed by atoms with Crippen LogP contribution in [0.15, 0.2) is 48.8 Å². The van der Waals surface area contributed by atoms with Crippen LogP contribution in [-0.4, -0.2) is 0 Å². The van der Waals surface area contributed by atoms with Gasteiger partial charge in [-0.1, -0.05) is 0 Å². The Morgan fingerprint density at radius 1 is 0.824 bits per heavy atom. The summed E-state index contributed by atoms with van der Waals surface area (Å²) in [6.45, 7) is 4.43. The molecule has 90 valence electrons. The van der Waals surface area contributed by atoms with Crippen LogP contribution in [-0.2, 0) is 12.8 Å². The second-order valence-corrected chi connectivity index (χ2v) is 6.30. The summed E-state index contributed by atoms with van der Waals surface area (Å²) in [6, 6.07) is 12.9. The molecule has 0 spiro atoms. The molecule has 0 aliphatic heterocycles. The zero-order valence-corrected chi connectivity index (χ0v) is 12.5. The van der Waals surface area contributed by atoms with E-state index in [-0.39, 0.29) is 21.8 Å². The monoisotopic (exact) mass is 341 g/mol. The summed E-state index contributed by atoms with van der Waals surface area (Å²) in [7, 11) is 0. The fourth-order valence-electron chi connectivity index (χ4n) is 1.69. The Kier molecular flexibility index (Phi) is 4.48. The first kappa shape index (κ1) is 12.5. The first-order valence-corrected chi connectivity index (χ1v) is 7.93. The Hall–Kier alpha value is -0.970. The Morgan fingerprint density at radius 3 is 1.71 bits per heavy atom. The van der Waals surface area contributed by atoms with Crippen molar-refractivity contribution in [1.29, 1.82) is 0 Å². The van der Waals surface area contributed by atoms with Crippen molar-refractivity contribution >= 4 is 0 Å². The summed E-state index contributed by atoms with van der Waals surface area (Å²) in [5.74, 6) is 0. The Bertz CT molecular complexity index is 452. The van der Waals surface area contributed by atoms with E-state index >= 15 is 0 Å². The fourth-order valence-corrected chi connectivity index (χ4v) is 4.41. The van der Waals surface area contributed by atoms with Crippen molar-refractivity contribution in [3.63, 3.8) is 0 Å². The van der Waals surface area contributed by atoms with Gasteiger partial charge in [0.05, 0.1) is 0 Å². The third kappa shape index (κ3) is 3.03. The van der Waals surface area contributed by atoms with E-state index in [1.165, 1.54) is 11.4 Å². The molecule has 0 N–H and O–H groups in total. The summed E-state index contributed by atoms with van der Waals surface area (Å²) >= 11 is -0.194. The second-order valence-electron chi connectivity index (χ2n) is 3.79. The number of hydrogen-bond acceptors (Lipinski definition) is 0. The summed E-state index contributed by atoms with van der Waals surface area (Å²) in [5.41, 5.74) is 2.83. The van der Waals surface area contributed by atoms with Gasteiger partial charge in [-0.2, -0.15) is 0 Å². The summed E-state index contributed by atoms with van der Waals surface area (Å²) < 4.78 is 4.83. The summed E-state index contributed by atoms with van der Waals surface area (Å²) in [5, 5.41) is 0. The van der Waals surface area contributed by atoms with Crippen molar-refractivity contribution in [1.82, 2.24) is 0 Å². The van der Waals surface area contributed by atoms with E-state index in [9.17, 15) is 0 Å². The molecule has 2 aromatic heterocycles. The van der Waals surface area contributed by atoms with Crippen molar-refractivity contribution in [2.75, 3.05) is 0 Å². The van der Waals surface area contributed by atoms with Gasteiger partial charge in [-0.25, -0.2) is 0 Å². The van der Waals surface area contributed by atoms with Gasteiger partial charge >= 0.3 is 114 Å². The Balaban J connectivity index is 2.31. The van der Waals surface area contributed by atoms with Gasteiger partial charge in [0, 0.05) is 0 Å². The molecule has 0 saturated carbocycles. The molecule has 2 heterocycles. The predicted octanol–water partition coefficient (Wildman–Crippen LogP) is -1.30. The van der Waals surface area contributed by atoms with Gasteiger partial charge < -0.3 is 0 Å². The summed E-state index contributed by atoms with van der Waals surface area (Å²) in [4.78, 5) is 0. The fraction of sp³-hybridized carbons (Fsp3) is 0.286. The van der Waals surface area contributed by atoms with Crippen LogP contribution >= 0.6 is 0 Å². The molecule has 0 aromatic carbocycles. The minimum atomic E-state index is -0.194. The van der Waals surface area contributed by atoms with Gasteiger partial charge in [-0.15, -0.1) is 0 Å². The van der Waals surface area contributed by atoms with Crippen molar-refractivity contribution in [3.8, 4) is 0 Å². The second kappa shape index (κ2) is 6.10. The Labute approximate surface area is 114 Å². The van der Waals surface area contributed by atoms with Gasteiger partial charge in [0.1, 0.15) is 0 Å². The van der Waals surface area contributed by atoms with Crippen LogP contribution in [0.1, 0.15) is 25.2 Å². The maximum absolute atomic E-state index is 2.41. The first-order chi connectivity index (χ1) is 8.35. The molecule has 0 aliphatic rings. The zero-order valence-electron chi connectivity index (χ0n) is 10.3. The molecule has 0 bridgehead atoms. The van der Waals surface area contributed by atoms with Crippen molar-refractivity contribution < 1.29 is 27.3 Å².